The lowest BCUT2D eigenvalue weighted by Gasteiger charge is -2.35. The Morgan fingerprint density at radius 3 is 2.95 bits per heavy atom. The summed E-state index contributed by atoms with van der Waals surface area (Å²) in [5.41, 5.74) is 4.26. The third kappa shape index (κ3) is 2.67. The minimum absolute atomic E-state index is 0.264. The summed E-state index contributed by atoms with van der Waals surface area (Å²) in [5, 5.41) is 4.46. The predicted octanol–water partition coefficient (Wildman–Crippen LogP) is 2.40. The van der Waals surface area contributed by atoms with E-state index < -0.39 is 0 Å². The van der Waals surface area contributed by atoms with Gasteiger partial charge in [0.15, 0.2) is 0 Å². The summed E-state index contributed by atoms with van der Waals surface area (Å²) in [6.45, 7) is 1.80. The van der Waals surface area contributed by atoms with Crippen LogP contribution in [0.1, 0.15) is 27.6 Å². The predicted molar refractivity (Wildman–Crippen MR) is 85.1 cm³/mol. The van der Waals surface area contributed by atoms with Crippen molar-refractivity contribution in [3.63, 3.8) is 0 Å². The molecule has 3 rings (SSSR count). The highest BCUT2D eigenvalue weighted by Crippen LogP contribution is 2.27. The molecular formula is C15H13BrN4O2. The Kier molecular flexibility index (Phi) is 3.81. The SMILES string of the molecule is CC1Nc2ccc(Br)cc2C(=O)N1NC(=O)c1cccnc1. The Morgan fingerprint density at radius 2 is 2.23 bits per heavy atom. The number of halogens is 1. The van der Waals surface area contributed by atoms with Gasteiger partial charge in [-0.05, 0) is 37.3 Å². The molecule has 0 bridgehead atoms. The number of nitrogens with one attached hydrogen (secondary N) is 2. The number of benzene rings is 1. The first-order chi connectivity index (χ1) is 10.6. The number of carbonyl (C=O) groups is 2. The molecule has 112 valence electrons. The van der Waals surface area contributed by atoms with Crippen molar-refractivity contribution in [1.82, 2.24) is 15.4 Å². The van der Waals surface area contributed by atoms with Crippen LogP contribution < -0.4 is 10.7 Å². The third-order valence-corrected chi connectivity index (χ3v) is 3.82. The molecule has 0 saturated heterocycles. The molecule has 1 aromatic heterocycles. The molecule has 0 radical (unpaired) electrons. The summed E-state index contributed by atoms with van der Waals surface area (Å²) >= 11 is 3.35. The van der Waals surface area contributed by atoms with Gasteiger partial charge in [-0.3, -0.25) is 20.0 Å². The second-order valence-corrected chi connectivity index (χ2v) is 5.78. The van der Waals surface area contributed by atoms with Crippen LogP contribution in [-0.4, -0.2) is 28.0 Å². The second-order valence-electron chi connectivity index (χ2n) is 4.87. The second kappa shape index (κ2) is 5.76. The normalized spacial score (nSPS) is 16.7. The number of pyridine rings is 1. The standard InChI is InChI=1S/C15H13BrN4O2/c1-9-18-13-5-4-11(16)7-12(13)15(22)20(9)19-14(21)10-3-2-6-17-8-10/h2-9,18H,1H3,(H,19,21). The molecule has 1 aromatic carbocycles. The fourth-order valence-electron chi connectivity index (χ4n) is 2.23. The van der Waals surface area contributed by atoms with E-state index in [1.165, 1.54) is 11.2 Å². The van der Waals surface area contributed by atoms with Crippen LogP contribution in [0.3, 0.4) is 0 Å². The van der Waals surface area contributed by atoms with Crippen LogP contribution in [0.5, 0.6) is 0 Å². The summed E-state index contributed by atoms with van der Waals surface area (Å²) in [7, 11) is 0. The van der Waals surface area contributed by atoms with Crippen molar-refractivity contribution >= 4 is 33.4 Å². The zero-order chi connectivity index (χ0) is 15.7. The Hall–Kier alpha value is -2.41. The van der Waals surface area contributed by atoms with E-state index in [1.54, 1.807) is 31.3 Å². The number of aromatic nitrogens is 1. The lowest BCUT2D eigenvalue weighted by molar-refractivity contribution is 0.0510. The molecule has 2 amide bonds. The van der Waals surface area contributed by atoms with E-state index in [4.69, 9.17) is 0 Å². The van der Waals surface area contributed by atoms with Crippen molar-refractivity contribution in [2.24, 2.45) is 0 Å². The molecule has 1 unspecified atom stereocenters. The molecule has 1 aliphatic rings. The van der Waals surface area contributed by atoms with Gasteiger partial charge in [0.05, 0.1) is 11.1 Å². The fourth-order valence-corrected chi connectivity index (χ4v) is 2.59. The van der Waals surface area contributed by atoms with E-state index in [0.717, 1.165) is 10.2 Å². The van der Waals surface area contributed by atoms with Gasteiger partial charge in [-0.1, -0.05) is 15.9 Å². The summed E-state index contributed by atoms with van der Waals surface area (Å²) in [4.78, 5) is 28.7. The molecular weight excluding hydrogens is 348 g/mol. The lowest BCUT2D eigenvalue weighted by atomic mass is 10.1. The third-order valence-electron chi connectivity index (χ3n) is 3.33. The Bertz CT molecular complexity index is 736. The number of hydrazine groups is 1. The maximum Gasteiger partial charge on any atom is 0.276 e. The molecule has 1 atom stereocenters. The number of hydrogen-bond donors (Lipinski definition) is 2. The number of rotatable bonds is 2. The van der Waals surface area contributed by atoms with E-state index in [0.29, 0.717) is 11.1 Å². The van der Waals surface area contributed by atoms with Crippen LogP contribution >= 0.6 is 15.9 Å². The van der Waals surface area contributed by atoms with E-state index >= 15 is 0 Å². The minimum Gasteiger partial charge on any atom is -0.363 e. The van der Waals surface area contributed by atoms with Gasteiger partial charge in [-0.15, -0.1) is 0 Å². The van der Waals surface area contributed by atoms with Gasteiger partial charge in [0.2, 0.25) is 0 Å². The van der Waals surface area contributed by atoms with Crippen molar-refractivity contribution in [3.05, 3.63) is 58.3 Å². The minimum atomic E-state index is -0.381. The maximum absolute atomic E-state index is 12.6. The smallest absolute Gasteiger partial charge is 0.276 e. The first-order valence-corrected chi connectivity index (χ1v) is 7.46. The van der Waals surface area contributed by atoms with Crippen LogP contribution in [-0.2, 0) is 0 Å². The molecule has 0 aliphatic carbocycles. The van der Waals surface area contributed by atoms with Crippen LogP contribution in [0.2, 0.25) is 0 Å². The number of amides is 2. The largest absolute Gasteiger partial charge is 0.363 e. The first kappa shape index (κ1) is 14.5. The van der Waals surface area contributed by atoms with E-state index in [9.17, 15) is 9.59 Å². The van der Waals surface area contributed by atoms with Gasteiger partial charge < -0.3 is 5.32 Å². The molecule has 2 N–H and O–H groups in total. The average Bonchev–Trinajstić information content (AvgIpc) is 2.53. The highest BCUT2D eigenvalue weighted by molar-refractivity contribution is 9.10. The zero-order valence-corrected chi connectivity index (χ0v) is 13.3. The fraction of sp³-hybridized carbons (Fsp3) is 0.133. The van der Waals surface area contributed by atoms with Crippen molar-refractivity contribution in [2.75, 3.05) is 5.32 Å². The summed E-state index contributed by atoms with van der Waals surface area (Å²) in [5.74, 6) is -0.645. The van der Waals surface area contributed by atoms with Crippen LogP contribution in [0.4, 0.5) is 5.69 Å². The van der Waals surface area contributed by atoms with Gasteiger partial charge in [0, 0.05) is 22.6 Å². The molecule has 6 nitrogen and oxygen atoms in total. The number of carbonyl (C=O) groups excluding carboxylic acids is 2. The Balaban J connectivity index is 1.85. The van der Waals surface area contributed by atoms with Crippen molar-refractivity contribution in [1.29, 1.82) is 0 Å². The van der Waals surface area contributed by atoms with Gasteiger partial charge in [0.25, 0.3) is 11.8 Å². The number of anilines is 1. The van der Waals surface area contributed by atoms with E-state index in [-0.39, 0.29) is 18.0 Å². The summed E-state index contributed by atoms with van der Waals surface area (Å²) in [6.07, 6.45) is 2.68. The van der Waals surface area contributed by atoms with E-state index in [2.05, 4.69) is 31.7 Å². The highest BCUT2D eigenvalue weighted by Gasteiger charge is 2.31. The monoisotopic (exact) mass is 360 g/mol. The van der Waals surface area contributed by atoms with Gasteiger partial charge in [-0.2, -0.15) is 0 Å². The highest BCUT2D eigenvalue weighted by atomic mass is 79.9. The average molecular weight is 361 g/mol. The molecule has 7 heteroatoms. The number of hydrogen-bond acceptors (Lipinski definition) is 4. The molecule has 22 heavy (non-hydrogen) atoms. The van der Waals surface area contributed by atoms with Gasteiger partial charge >= 0.3 is 0 Å². The Labute approximate surface area is 135 Å². The van der Waals surface area contributed by atoms with Crippen molar-refractivity contribution < 1.29 is 9.59 Å². The van der Waals surface area contributed by atoms with Crippen molar-refractivity contribution in [3.8, 4) is 0 Å². The van der Waals surface area contributed by atoms with Crippen LogP contribution in [0.25, 0.3) is 0 Å². The lowest BCUT2D eigenvalue weighted by Crippen LogP contribution is -2.56. The van der Waals surface area contributed by atoms with Crippen LogP contribution in [0.15, 0.2) is 47.2 Å². The molecule has 0 spiro atoms. The summed E-state index contributed by atoms with van der Waals surface area (Å²) < 4.78 is 0.800. The maximum atomic E-state index is 12.6. The first-order valence-electron chi connectivity index (χ1n) is 6.67. The Morgan fingerprint density at radius 1 is 1.41 bits per heavy atom. The topological polar surface area (TPSA) is 74.3 Å². The molecule has 2 heterocycles. The quantitative estimate of drug-likeness (QED) is 0.862. The molecule has 1 aliphatic heterocycles. The molecule has 0 fully saturated rings. The van der Waals surface area contributed by atoms with Gasteiger partial charge in [0.1, 0.15) is 6.17 Å². The van der Waals surface area contributed by atoms with E-state index in [1.807, 2.05) is 12.1 Å². The number of nitrogens with zero attached hydrogens (tertiary/aromatic N) is 2. The van der Waals surface area contributed by atoms with Crippen LogP contribution in [0, 0.1) is 0 Å². The zero-order valence-electron chi connectivity index (χ0n) is 11.7. The molecule has 0 saturated carbocycles. The van der Waals surface area contributed by atoms with Gasteiger partial charge in [-0.25, -0.2) is 5.01 Å². The molecule has 2 aromatic rings. The summed E-state index contributed by atoms with van der Waals surface area (Å²) in [6, 6.07) is 8.71. The number of fused-ring (bicyclic) bond motifs is 1. The van der Waals surface area contributed by atoms with Crippen molar-refractivity contribution in [2.45, 2.75) is 13.1 Å².